The molecule has 184 valence electrons. The number of rotatable bonds is 6. The quantitative estimate of drug-likeness (QED) is 0.634. The monoisotopic (exact) mass is 484 g/mol. The first-order valence-corrected chi connectivity index (χ1v) is 10.5. The van der Waals surface area contributed by atoms with Gasteiger partial charge in [0.1, 0.15) is 11.4 Å². The fraction of sp³-hybridized carbons (Fsp3) is 0.435. The topological polar surface area (TPSA) is 89.0 Å². The van der Waals surface area contributed by atoms with Crippen LogP contribution in [0.5, 0.6) is 0 Å². The number of benzene rings is 1. The Hall–Kier alpha value is -3.05. The lowest BCUT2D eigenvalue weighted by Gasteiger charge is -2.50. The molecule has 2 aliphatic rings. The summed E-state index contributed by atoms with van der Waals surface area (Å²) in [5.41, 5.74) is 1.61. The van der Waals surface area contributed by atoms with Crippen molar-refractivity contribution in [2.75, 3.05) is 26.3 Å². The third-order valence-electron chi connectivity index (χ3n) is 5.69. The maximum atomic E-state index is 13.0. The van der Waals surface area contributed by atoms with E-state index in [1.165, 1.54) is 12.1 Å². The van der Waals surface area contributed by atoms with Crippen LogP contribution in [0.1, 0.15) is 17.5 Å². The molecule has 4 rings (SSSR count). The van der Waals surface area contributed by atoms with Crippen LogP contribution in [0.4, 0.5) is 17.6 Å². The number of carboxylic acids is 1. The lowest BCUT2D eigenvalue weighted by molar-refractivity contribution is -0.192. The molecule has 2 saturated heterocycles. The lowest BCUT2D eigenvalue weighted by Crippen LogP contribution is -2.66. The van der Waals surface area contributed by atoms with Crippen molar-refractivity contribution in [2.24, 2.45) is 5.92 Å². The zero-order chi connectivity index (χ0) is 24.8. The van der Waals surface area contributed by atoms with Crippen molar-refractivity contribution in [2.45, 2.75) is 31.2 Å². The first-order valence-electron chi connectivity index (χ1n) is 10.5. The summed E-state index contributed by atoms with van der Waals surface area (Å²) in [4.78, 5) is 27.3. The van der Waals surface area contributed by atoms with Gasteiger partial charge in [0.2, 0.25) is 5.91 Å². The molecule has 0 aliphatic carbocycles. The van der Waals surface area contributed by atoms with E-state index in [0.29, 0.717) is 45.2 Å². The van der Waals surface area contributed by atoms with Gasteiger partial charge in [-0.1, -0.05) is 18.2 Å². The summed E-state index contributed by atoms with van der Waals surface area (Å²) in [6.45, 7) is 3.07. The van der Waals surface area contributed by atoms with E-state index in [1.807, 2.05) is 17.0 Å². The highest BCUT2D eigenvalue weighted by Crippen LogP contribution is 2.40. The van der Waals surface area contributed by atoms with Crippen molar-refractivity contribution >= 4 is 11.9 Å². The zero-order valence-corrected chi connectivity index (χ0v) is 18.1. The van der Waals surface area contributed by atoms with Gasteiger partial charge in [-0.05, 0) is 35.7 Å². The van der Waals surface area contributed by atoms with Gasteiger partial charge in [-0.3, -0.25) is 9.78 Å². The molecule has 1 atom stereocenters. The number of ether oxygens (including phenoxy) is 2. The van der Waals surface area contributed by atoms with Crippen LogP contribution in [0.25, 0.3) is 0 Å². The number of aromatic nitrogens is 1. The largest absolute Gasteiger partial charge is 0.490 e. The molecular weight excluding hydrogens is 460 g/mol. The van der Waals surface area contributed by atoms with Crippen molar-refractivity contribution in [1.29, 1.82) is 0 Å². The number of carbonyl (C=O) groups excluding carboxylic acids is 1. The zero-order valence-electron chi connectivity index (χ0n) is 18.1. The molecule has 3 heterocycles. The van der Waals surface area contributed by atoms with Gasteiger partial charge in [0.25, 0.3) is 0 Å². The van der Waals surface area contributed by atoms with Gasteiger partial charge in [0.15, 0.2) is 0 Å². The fourth-order valence-electron chi connectivity index (χ4n) is 3.84. The smallest absolute Gasteiger partial charge is 0.475 e. The molecule has 34 heavy (non-hydrogen) atoms. The Morgan fingerprint density at radius 2 is 1.85 bits per heavy atom. The molecule has 1 spiro atoms. The summed E-state index contributed by atoms with van der Waals surface area (Å²) in [5, 5.41) is 7.12. The molecule has 0 bridgehead atoms. The van der Waals surface area contributed by atoms with Crippen molar-refractivity contribution in [3.63, 3.8) is 0 Å². The molecule has 7 nitrogen and oxygen atoms in total. The van der Waals surface area contributed by atoms with Crippen LogP contribution in [0, 0.1) is 11.7 Å². The lowest BCUT2D eigenvalue weighted by atomic mass is 9.81. The SMILES string of the molecule is O=C(Cc1ccc(F)cc1)N1CC2(C1)OCCC2COCc1cccnc1.O=C(O)C(F)(F)F. The van der Waals surface area contributed by atoms with Crippen molar-refractivity contribution in [3.05, 3.63) is 65.7 Å². The van der Waals surface area contributed by atoms with Crippen molar-refractivity contribution in [3.8, 4) is 0 Å². The molecule has 2 aromatic rings. The van der Waals surface area contributed by atoms with Gasteiger partial charge in [-0.2, -0.15) is 13.2 Å². The van der Waals surface area contributed by atoms with E-state index in [-0.39, 0.29) is 17.3 Å². The first kappa shape index (κ1) is 25.6. The summed E-state index contributed by atoms with van der Waals surface area (Å²) < 4.78 is 56.6. The predicted octanol–water partition coefficient (Wildman–Crippen LogP) is 3.23. The van der Waals surface area contributed by atoms with Crippen LogP contribution in [0.3, 0.4) is 0 Å². The van der Waals surface area contributed by atoms with Crippen LogP contribution < -0.4 is 0 Å². The summed E-state index contributed by atoms with van der Waals surface area (Å²) in [5.74, 6) is -2.70. The van der Waals surface area contributed by atoms with Crippen LogP contribution in [-0.2, 0) is 32.1 Å². The highest BCUT2D eigenvalue weighted by molar-refractivity contribution is 5.80. The van der Waals surface area contributed by atoms with Crippen LogP contribution in [0.15, 0.2) is 48.8 Å². The van der Waals surface area contributed by atoms with Crippen LogP contribution >= 0.6 is 0 Å². The number of halogens is 4. The van der Waals surface area contributed by atoms with Gasteiger partial charge >= 0.3 is 12.1 Å². The van der Waals surface area contributed by atoms with E-state index in [9.17, 15) is 22.4 Å². The number of amides is 1. The standard InChI is InChI=1S/C21H23FN2O3.C2HF3O2/c22-19-5-3-16(4-6-19)10-20(25)24-14-21(15-24)18(7-9-27-21)13-26-12-17-2-1-8-23-11-17;3-2(4,5)1(6)7/h1-6,8,11,18H,7,9-10,12-15H2;(H,6,7). The molecule has 1 amide bonds. The molecule has 1 N–H and O–H groups in total. The van der Waals surface area contributed by atoms with E-state index in [1.54, 1.807) is 24.5 Å². The van der Waals surface area contributed by atoms with E-state index < -0.39 is 12.1 Å². The van der Waals surface area contributed by atoms with E-state index in [2.05, 4.69) is 4.98 Å². The maximum absolute atomic E-state index is 13.0. The Bertz CT molecular complexity index is 964. The average molecular weight is 484 g/mol. The Morgan fingerprint density at radius 1 is 1.18 bits per heavy atom. The van der Waals surface area contributed by atoms with Crippen LogP contribution in [0.2, 0.25) is 0 Å². The van der Waals surface area contributed by atoms with Gasteiger partial charge in [-0.15, -0.1) is 0 Å². The Balaban J connectivity index is 0.000000406. The number of nitrogens with zero attached hydrogens (tertiary/aromatic N) is 2. The number of carboxylic acid groups (broad SMARTS) is 1. The molecule has 11 heteroatoms. The first-order chi connectivity index (χ1) is 16.1. The molecule has 1 aromatic carbocycles. The third kappa shape index (κ3) is 6.73. The molecule has 1 aromatic heterocycles. The fourth-order valence-corrected chi connectivity index (χ4v) is 3.84. The molecule has 2 aliphatic heterocycles. The average Bonchev–Trinajstić information content (AvgIpc) is 3.19. The number of aliphatic carboxylic acids is 1. The molecule has 1 unspecified atom stereocenters. The van der Waals surface area contributed by atoms with E-state index in [4.69, 9.17) is 19.4 Å². The minimum Gasteiger partial charge on any atom is -0.475 e. The summed E-state index contributed by atoms with van der Waals surface area (Å²) >= 11 is 0. The number of hydrogen-bond acceptors (Lipinski definition) is 5. The Labute approximate surface area is 193 Å². The number of carbonyl (C=O) groups is 2. The third-order valence-corrected chi connectivity index (χ3v) is 5.69. The number of hydrogen-bond donors (Lipinski definition) is 1. The number of likely N-dealkylation sites (tertiary alicyclic amines) is 1. The Morgan fingerprint density at radius 3 is 2.44 bits per heavy atom. The highest BCUT2D eigenvalue weighted by Gasteiger charge is 2.54. The minimum absolute atomic E-state index is 0.0535. The number of pyridine rings is 1. The van der Waals surface area contributed by atoms with Gasteiger partial charge < -0.3 is 19.5 Å². The summed E-state index contributed by atoms with van der Waals surface area (Å²) in [6.07, 6.45) is -0.291. The van der Waals surface area contributed by atoms with Crippen molar-refractivity contribution < 1.29 is 41.7 Å². The molecule has 0 saturated carbocycles. The van der Waals surface area contributed by atoms with E-state index in [0.717, 1.165) is 17.5 Å². The number of alkyl halides is 3. The normalized spacial score (nSPS) is 18.7. The molecular formula is C23H24F4N2O5. The van der Waals surface area contributed by atoms with Gasteiger partial charge in [-0.25, -0.2) is 9.18 Å². The minimum atomic E-state index is -5.08. The predicted molar refractivity (Wildman–Crippen MR) is 111 cm³/mol. The Kier molecular flexibility index (Phi) is 8.21. The van der Waals surface area contributed by atoms with Gasteiger partial charge in [0.05, 0.1) is 32.7 Å². The summed E-state index contributed by atoms with van der Waals surface area (Å²) in [6, 6.07) is 9.97. The second kappa shape index (κ2) is 10.9. The van der Waals surface area contributed by atoms with Crippen LogP contribution in [-0.4, -0.2) is 64.9 Å². The summed E-state index contributed by atoms with van der Waals surface area (Å²) in [7, 11) is 0. The second-order valence-corrected chi connectivity index (χ2v) is 8.13. The van der Waals surface area contributed by atoms with Crippen molar-refractivity contribution in [1.82, 2.24) is 9.88 Å². The molecule has 0 radical (unpaired) electrons. The second-order valence-electron chi connectivity index (χ2n) is 8.13. The molecule has 2 fully saturated rings. The van der Waals surface area contributed by atoms with Gasteiger partial charge in [0, 0.05) is 24.9 Å². The highest BCUT2D eigenvalue weighted by atomic mass is 19.4. The van der Waals surface area contributed by atoms with E-state index >= 15 is 0 Å². The maximum Gasteiger partial charge on any atom is 0.490 e.